The predicted molar refractivity (Wildman–Crippen MR) is 153 cm³/mol. The van der Waals surface area contributed by atoms with Crippen LogP contribution in [0, 0.1) is 11.8 Å². The Kier molecular flexibility index (Phi) is 6.85. The van der Waals surface area contributed by atoms with E-state index in [1.807, 2.05) is 12.1 Å². The van der Waals surface area contributed by atoms with Crippen LogP contribution >= 0.6 is 0 Å². The van der Waals surface area contributed by atoms with Gasteiger partial charge in [-0.3, -0.25) is 9.97 Å². The van der Waals surface area contributed by atoms with Gasteiger partial charge >= 0.3 is 11.9 Å². The molecule has 5 rings (SSSR count). The predicted octanol–water partition coefficient (Wildman–Crippen LogP) is 6.45. The van der Waals surface area contributed by atoms with Gasteiger partial charge in [-0.25, -0.2) is 14.6 Å². The van der Waals surface area contributed by atoms with Gasteiger partial charge in [0.15, 0.2) is 0 Å². The Balaban J connectivity index is 1.56. The summed E-state index contributed by atoms with van der Waals surface area (Å²) in [5.41, 5.74) is 4.03. The molecule has 0 amide bonds. The normalized spacial score (nSPS) is 11.1. The van der Waals surface area contributed by atoms with Crippen LogP contribution in [0.25, 0.3) is 33.5 Å². The number of carboxylic acids is 2. The molecule has 7 heteroatoms. The summed E-state index contributed by atoms with van der Waals surface area (Å²) < 4.78 is 0. The molecule has 0 fully saturated rings. The van der Waals surface area contributed by atoms with Gasteiger partial charge in [-0.1, -0.05) is 62.9 Å². The molecule has 0 unspecified atom stereocenters. The molecule has 0 aliphatic carbocycles. The molecule has 7 nitrogen and oxygen atoms in total. The fraction of sp³-hybridized carbons (Fsp3) is 0.121. The molecular formula is C33H25N3O4. The molecule has 0 saturated carbocycles. The number of fused-ring (bicyclic) bond motifs is 1. The number of hydrogen-bond acceptors (Lipinski definition) is 5. The van der Waals surface area contributed by atoms with E-state index in [0.717, 1.165) is 10.9 Å². The largest absolute Gasteiger partial charge is 0.478 e. The van der Waals surface area contributed by atoms with Crippen LogP contribution in [0.5, 0.6) is 0 Å². The lowest BCUT2D eigenvalue weighted by molar-refractivity contribution is 0.0686. The summed E-state index contributed by atoms with van der Waals surface area (Å²) in [5, 5.41) is 21.3. The van der Waals surface area contributed by atoms with Crippen molar-refractivity contribution in [2.45, 2.75) is 26.2 Å². The number of nitrogens with zero attached hydrogens (tertiary/aromatic N) is 3. The van der Waals surface area contributed by atoms with E-state index in [1.54, 1.807) is 18.3 Å². The van der Waals surface area contributed by atoms with Crippen molar-refractivity contribution in [3.63, 3.8) is 0 Å². The van der Waals surface area contributed by atoms with Gasteiger partial charge in [-0.2, -0.15) is 0 Å². The molecule has 0 aliphatic heterocycles. The highest BCUT2D eigenvalue weighted by Gasteiger charge is 2.17. The molecule has 0 spiro atoms. The first-order valence-corrected chi connectivity index (χ1v) is 12.6. The van der Waals surface area contributed by atoms with E-state index < -0.39 is 11.9 Å². The lowest BCUT2D eigenvalue weighted by Crippen LogP contribution is -2.11. The summed E-state index contributed by atoms with van der Waals surface area (Å²) in [7, 11) is 0. The van der Waals surface area contributed by atoms with E-state index in [1.165, 1.54) is 41.4 Å². The highest BCUT2D eigenvalue weighted by atomic mass is 16.4. The van der Waals surface area contributed by atoms with Crippen molar-refractivity contribution in [2.24, 2.45) is 0 Å². The molecule has 3 aromatic heterocycles. The van der Waals surface area contributed by atoms with Crippen molar-refractivity contribution >= 4 is 22.7 Å². The Labute approximate surface area is 231 Å². The number of rotatable bonds is 4. The lowest BCUT2D eigenvalue weighted by atomic mass is 9.83. The van der Waals surface area contributed by atoms with Crippen molar-refractivity contribution in [1.29, 1.82) is 0 Å². The third-order valence-electron chi connectivity index (χ3n) is 6.44. The van der Waals surface area contributed by atoms with Crippen LogP contribution in [-0.4, -0.2) is 37.1 Å². The molecule has 40 heavy (non-hydrogen) atoms. The minimum Gasteiger partial charge on any atom is -0.478 e. The van der Waals surface area contributed by atoms with E-state index in [9.17, 15) is 19.8 Å². The maximum atomic E-state index is 11.9. The van der Waals surface area contributed by atoms with Crippen LogP contribution in [-0.2, 0) is 5.41 Å². The molecule has 196 valence electrons. The maximum Gasteiger partial charge on any atom is 0.335 e. The van der Waals surface area contributed by atoms with Gasteiger partial charge in [0.2, 0.25) is 0 Å². The number of hydrogen-bond donors (Lipinski definition) is 2. The van der Waals surface area contributed by atoms with Gasteiger partial charge in [0.05, 0.1) is 33.9 Å². The summed E-state index contributed by atoms with van der Waals surface area (Å²) in [5.74, 6) is 4.23. The fourth-order valence-electron chi connectivity index (χ4n) is 4.48. The van der Waals surface area contributed by atoms with Crippen molar-refractivity contribution in [2.75, 3.05) is 0 Å². The standard InChI is InChI=1S/C33H25N3O4/c1-33(2,3)26-9-5-7-24-21(6-4-8-25(24)26)11-10-20-12-14-34-27(16-20)29-18-23(32(39)40)19-30(36-29)28-17-22(31(37)38)13-15-35-28/h4-9,12-19H,1-3H3,(H,37,38)(H,39,40). The number of pyridine rings is 3. The Morgan fingerprint density at radius 1 is 0.675 bits per heavy atom. The fourth-order valence-corrected chi connectivity index (χ4v) is 4.48. The second-order valence-electron chi connectivity index (χ2n) is 10.3. The van der Waals surface area contributed by atoms with Crippen LogP contribution < -0.4 is 0 Å². The summed E-state index contributed by atoms with van der Waals surface area (Å²) in [6.45, 7) is 6.57. The summed E-state index contributed by atoms with van der Waals surface area (Å²) >= 11 is 0. The Bertz CT molecular complexity index is 1860. The van der Waals surface area contributed by atoms with E-state index in [0.29, 0.717) is 17.0 Å². The van der Waals surface area contributed by atoms with Gasteiger partial charge < -0.3 is 10.2 Å². The average Bonchev–Trinajstić information content (AvgIpc) is 2.95. The van der Waals surface area contributed by atoms with Gasteiger partial charge in [0, 0.05) is 23.5 Å². The van der Waals surface area contributed by atoms with Gasteiger partial charge in [0.1, 0.15) is 0 Å². The number of carbonyl (C=O) groups is 2. The molecular weight excluding hydrogens is 502 g/mol. The van der Waals surface area contributed by atoms with Crippen LogP contribution in [0.15, 0.2) is 85.2 Å². The quantitative estimate of drug-likeness (QED) is 0.258. The average molecular weight is 528 g/mol. The topological polar surface area (TPSA) is 113 Å². The van der Waals surface area contributed by atoms with Gasteiger partial charge in [-0.15, -0.1) is 0 Å². The Hall–Kier alpha value is -5.35. The SMILES string of the molecule is CC(C)(C)c1cccc2c(C#Cc3ccnc(-c4cc(C(=O)O)cc(-c5cc(C(=O)O)ccn5)n4)c3)cccc12. The molecule has 0 atom stereocenters. The second-order valence-corrected chi connectivity index (χ2v) is 10.3. The zero-order chi connectivity index (χ0) is 28.4. The minimum absolute atomic E-state index is 0.00757. The number of aromatic nitrogens is 3. The first-order chi connectivity index (χ1) is 19.1. The number of aromatic carboxylic acids is 2. The third-order valence-corrected chi connectivity index (χ3v) is 6.44. The molecule has 0 bridgehead atoms. The highest BCUT2D eigenvalue weighted by molar-refractivity contribution is 5.92. The molecule has 0 saturated heterocycles. The second kappa shape index (κ2) is 10.4. The third kappa shape index (κ3) is 5.42. The summed E-state index contributed by atoms with van der Waals surface area (Å²) in [4.78, 5) is 36.4. The zero-order valence-corrected chi connectivity index (χ0v) is 22.1. The molecule has 0 radical (unpaired) electrons. The lowest BCUT2D eigenvalue weighted by Gasteiger charge is -2.21. The van der Waals surface area contributed by atoms with E-state index in [2.05, 4.69) is 71.8 Å². The van der Waals surface area contributed by atoms with Crippen LogP contribution in [0.3, 0.4) is 0 Å². The molecule has 0 aliphatic rings. The van der Waals surface area contributed by atoms with Crippen molar-refractivity contribution in [1.82, 2.24) is 15.0 Å². The zero-order valence-electron chi connectivity index (χ0n) is 22.1. The van der Waals surface area contributed by atoms with Gasteiger partial charge in [-0.05, 0) is 64.2 Å². The minimum atomic E-state index is -1.15. The summed E-state index contributed by atoms with van der Waals surface area (Å²) in [6.07, 6.45) is 2.94. The number of carboxylic acid groups (broad SMARTS) is 2. The van der Waals surface area contributed by atoms with Crippen LogP contribution in [0.1, 0.15) is 58.2 Å². The molecule has 3 heterocycles. The first-order valence-electron chi connectivity index (χ1n) is 12.6. The first kappa shape index (κ1) is 26.3. The maximum absolute atomic E-state index is 11.9. The molecule has 2 N–H and O–H groups in total. The molecule has 5 aromatic rings. The Morgan fingerprint density at radius 2 is 1.27 bits per heavy atom. The van der Waals surface area contributed by atoms with Crippen LogP contribution in [0.4, 0.5) is 0 Å². The van der Waals surface area contributed by atoms with E-state index in [4.69, 9.17) is 0 Å². The van der Waals surface area contributed by atoms with E-state index >= 15 is 0 Å². The van der Waals surface area contributed by atoms with Crippen LogP contribution in [0.2, 0.25) is 0 Å². The number of benzene rings is 2. The Morgan fingerprint density at radius 3 is 1.95 bits per heavy atom. The summed E-state index contributed by atoms with van der Waals surface area (Å²) in [6, 6.07) is 21.4. The van der Waals surface area contributed by atoms with Crippen molar-refractivity contribution in [3.8, 4) is 34.6 Å². The van der Waals surface area contributed by atoms with Gasteiger partial charge in [0.25, 0.3) is 0 Å². The van der Waals surface area contributed by atoms with E-state index in [-0.39, 0.29) is 27.9 Å². The van der Waals surface area contributed by atoms with Crippen molar-refractivity contribution in [3.05, 3.63) is 113 Å². The molecule has 2 aromatic carbocycles. The van der Waals surface area contributed by atoms with Crippen molar-refractivity contribution < 1.29 is 19.8 Å². The smallest absolute Gasteiger partial charge is 0.335 e. The highest BCUT2D eigenvalue weighted by Crippen LogP contribution is 2.31. The monoisotopic (exact) mass is 527 g/mol.